The average Bonchev–Trinajstić information content (AvgIpc) is 3.25. The van der Waals surface area contributed by atoms with E-state index in [0.29, 0.717) is 24.5 Å². The second-order valence-corrected chi connectivity index (χ2v) is 6.69. The molecule has 3 aromatic heterocycles. The maximum atomic E-state index is 13.0. The quantitative estimate of drug-likeness (QED) is 0.682. The van der Waals surface area contributed by atoms with Crippen molar-refractivity contribution in [2.24, 2.45) is 0 Å². The van der Waals surface area contributed by atoms with Gasteiger partial charge in [0.25, 0.3) is 5.91 Å². The normalized spacial score (nSPS) is 10.6. The summed E-state index contributed by atoms with van der Waals surface area (Å²) in [5, 5.41) is 0. The molecule has 3 heterocycles. The predicted octanol–water partition coefficient (Wildman–Crippen LogP) is 3.90. The van der Waals surface area contributed by atoms with Gasteiger partial charge in [0.15, 0.2) is 0 Å². The van der Waals surface area contributed by atoms with Crippen LogP contribution in [-0.2, 0) is 13.1 Å². The van der Waals surface area contributed by atoms with Crippen molar-refractivity contribution < 1.29 is 13.9 Å². The van der Waals surface area contributed by atoms with E-state index in [1.165, 1.54) is 12.0 Å². The Morgan fingerprint density at radius 1 is 1.25 bits per heavy atom. The number of rotatable bonds is 6. The first-order valence-electron chi connectivity index (χ1n) is 7.53. The largest absolute Gasteiger partial charge is 0.480 e. The molecule has 0 spiro atoms. The lowest BCUT2D eigenvalue weighted by Crippen LogP contribution is -2.30. The Morgan fingerprint density at radius 2 is 2.12 bits per heavy atom. The van der Waals surface area contributed by atoms with E-state index in [-0.39, 0.29) is 5.91 Å². The van der Waals surface area contributed by atoms with Gasteiger partial charge < -0.3 is 14.1 Å². The van der Waals surface area contributed by atoms with Crippen LogP contribution in [0.15, 0.2) is 53.3 Å². The summed E-state index contributed by atoms with van der Waals surface area (Å²) < 4.78 is 10.6. The minimum Gasteiger partial charge on any atom is -0.480 e. The van der Waals surface area contributed by atoms with Gasteiger partial charge in [0, 0.05) is 16.0 Å². The first-order valence-corrected chi connectivity index (χ1v) is 8.35. The van der Waals surface area contributed by atoms with Gasteiger partial charge in [0.2, 0.25) is 5.88 Å². The third kappa shape index (κ3) is 3.65. The molecule has 0 aliphatic rings. The highest BCUT2D eigenvalue weighted by Gasteiger charge is 2.22. The number of aryl methyl sites for hydroxylation is 1. The summed E-state index contributed by atoms with van der Waals surface area (Å²) >= 11 is 1.68. The maximum absolute atomic E-state index is 13.0. The van der Waals surface area contributed by atoms with Gasteiger partial charge in [0.05, 0.1) is 26.5 Å². The van der Waals surface area contributed by atoms with Crippen LogP contribution in [0.2, 0.25) is 0 Å². The zero-order valence-corrected chi connectivity index (χ0v) is 14.4. The lowest BCUT2D eigenvalue weighted by Gasteiger charge is -2.21. The van der Waals surface area contributed by atoms with Crippen molar-refractivity contribution >= 4 is 17.2 Å². The fourth-order valence-corrected chi connectivity index (χ4v) is 3.34. The topological polar surface area (TPSA) is 55.6 Å². The van der Waals surface area contributed by atoms with Crippen molar-refractivity contribution in [1.82, 2.24) is 9.88 Å². The number of carbonyl (C=O) groups is 1. The molecule has 0 aliphatic carbocycles. The molecule has 0 fully saturated rings. The van der Waals surface area contributed by atoms with Crippen LogP contribution in [0.1, 0.15) is 25.9 Å². The molecular weight excluding hydrogens is 324 g/mol. The van der Waals surface area contributed by atoms with E-state index in [0.717, 1.165) is 10.6 Å². The number of methoxy groups -OCH3 is 1. The third-order valence-electron chi connectivity index (χ3n) is 3.55. The summed E-state index contributed by atoms with van der Waals surface area (Å²) in [6, 6.07) is 11.2. The molecule has 0 bridgehead atoms. The molecule has 3 aromatic rings. The van der Waals surface area contributed by atoms with E-state index in [2.05, 4.69) is 18.0 Å². The Balaban J connectivity index is 1.89. The Morgan fingerprint density at radius 3 is 2.79 bits per heavy atom. The zero-order chi connectivity index (χ0) is 16.9. The molecule has 0 radical (unpaired) electrons. The van der Waals surface area contributed by atoms with Crippen molar-refractivity contribution in [1.29, 1.82) is 0 Å². The molecule has 3 rings (SSSR count). The van der Waals surface area contributed by atoms with E-state index in [9.17, 15) is 4.79 Å². The second-order valence-electron chi connectivity index (χ2n) is 5.31. The number of furan rings is 1. The van der Waals surface area contributed by atoms with Crippen LogP contribution < -0.4 is 4.74 Å². The van der Waals surface area contributed by atoms with E-state index < -0.39 is 0 Å². The molecule has 0 unspecified atom stereocenters. The van der Waals surface area contributed by atoms with Gasteiger partial charge >= 0.3 is 0 Å². The van der Waals surface area contributed by atoms with Crippen LogP contribution in [0, 0.1) is 6.92 Å². The number of nitrogens with zero attached hydrogens (tertiary/aromatic N) is 2. The highest BCUT2D eigenvalue weighted by atomic mass is 32.1. The Labute approximate surface area is 144 Å². The fourth-order valence-electron chi connectivity index (χ4n) is 2.43. The standard InChI is InChI=1S/C18H18N2O3S/c1-13-7-8-15(24-13)12-20(11-14-5-4-10-23-14)18(21)16-6-3-9-19-17(16)22-2/h3-10H,11-12H2,1-2H3. The van der Waals surface area contributed by atoms with Gasteiger partial charge in [-0.1, -0.05) is 0 Å². The van der Waals surface area contributed by atoms with Crippen molar-refractivity contribution in [2.45, 2.75) is 20.0 Å². The van der Waals surface area contributed by atoms with E-state index in [1.54, 1.807) is 40.8 Å². The molecular formula is C18H18N2O3S. The Kier molecular flexibility index (Phi) is 4.96. The molecule has 0 saturated carbocycles. The third-order valence-corrected chi connectivity index (χ3v) is 4.54. The molecule has 124 valence electrons. The minimum absolute atomic E-state index is 0.137. The van der Waals surface area contributed by atoms with Crippen LogP contribution in [0.25, 0.3) is 0 Å². The van der Waals surface area contributed by atoms with Gasteiger partial charge in [-0.15, -0.1) is 11.3 Å². The number of thiophene rings is 1. The van der Waals surface area contributed by atoms with E-state index in [1.807, 2.05) is 18.2 Å². The number of aromatic nitrogens is 1. The van der Waals surface area contributed by atoms with Gasteiger partial charge in [-0.3, -0.25) is 4.79 Å². The summed E-state index contributed by atoms with van der Waals surface area (Å²) in [6.07, 6.45) is 3.22. The Hall–Kier alpha value is -2.60. The average molecular weight is 342 g/mol. The maximum Gasteiger partial charge on any atom is 0.260 e. The van der Waals surface area contributed by atoms with Crippen molar-refractivity contribution in [3.63, 3.8) is 0 Å². The number of pyridine rings is 1. The molecule has 0 atom stereocenters. The minimum atomic E-state index is -0.137. The lowest BCUT2D eigenvalue weighted by atomic mass is 10.2. The Bertz CT molecular complexity index is 811. The van der Waals surface area contributed by atoms with Crippen LogP contribution >= 0.6 is 11.3 Å². The van der Waals surface area contributed by atoms with Gasteiger partial charge in [-0.05, 0) is 43.3 Å². The van der Waals surface area contributed by atoms with Crippen LogP contribution in [0.5, 0.6) is 5.88 Å². The monoisotopic (exact) mass is 342 g/mol. The van der Waals surface area contributed by atoms with Crippen molar-refractivity contribution in [3.8, 4) is 5.88 Å². The van der Waals surface area contributed by atoms with E-state index in [4.69, 9.17) is 9.15 Å². The van der Waals surface area contributed by atoms with Gasteiger partial charge in [-0.2, -0.15) is 0 Å². The van der Waals surface area contributed by atoms with E-state index >= 15 is 0 Å². The van der Waals surface area contributed by atoms with Gasteiger partial charge in [0.1, 0.15) is 11.3 Å². The lowest BCUT2D eigenvalue weighted by molar-refractivity contribution is 0.0715. The molecule has 0 aliphatic heterocycles. The van der Waals surface area contributed by atoms with Crippen LogP contribution in [-0.4, -0.2) is 22.9 Å². The first-order chi connectivity index (χ1) is 11.7. The molecule has 0 N–H and O–H groups in total. The first kappa shape index (κ1) is 16.3. The fraction of sp³-hybridized carbons (Fsp3) is 0.222. The molecule has 0 aromatic carbocycles. The molecule has 6 heteroatoms. The number of ether oxygens (including phenoxy) is 1. The second kappa shape index (κ2) is 7.31. The summed E-state index contributed by atoms with van der Waals surface area (Å²) in [5.74, 6) is 0.927. The van der Waals surface area contributed by atoms with Gasteiger partial charge in [-0.25, -0.2) is 4.98 Å². The van der Waals surface area contributed by atoms with Crippen LogP contribution in [0.4, 0.5) is 0 Å². The number of hydrogen-bond donors (Lipinski definition) is 0. The highest BCUT2D eigenvalue weighted by Crippen LogP contribution is 2.22. The highest BCUT2D eigenvalue weighted by molar-refractivity contribution is 7.11. The molecule has 24 heavy (non-hydrogen) atoms. The predicted molar refractivity (Wildman–Crippen MR) is 92.1 cm³/mol. The number of hydrogen-bond acceptors (Lipinski definition) is 5. The van der Waals surface area contributed by atoms with Crippen molar-refractivity contribution in [3.05, 3.63) is 69.9 Å². The zero-order valence-electron chi connectivity index (χ0n) is 13.6. The SMILES string of the molecule is COc1ncccc1C(=O)N(Cc1ccco1)Cc1ccc(C)s1. The summed E-state index contributed by atoms with van der Waals surface area (Å²) in [6.45, 7) is 2.95. The van der Waals surface area contributed by atoms with Crippen LogP contribution in [0.3, 0.4) is 0 Å². The summed E-state index contributed by atoms with van der Waals surface area (Å²) in [4.78, 5) is 21.2. The number of carbonyl (C=O) groups excluding carboxylic acids is 1. The smallest absolute Gasteiger partial charge is 0.260 e. The summed E-state index contributed by atoms with van der Waals surface area (Å²) in [5.41, 5.74) is 0.444. The summed E-state index contributed by atoms with van der Waals surface area (Å²) in [7, 11) is 1.51. The molecule has 0 saturated heterocycles. The molecule has 1 amide bonds. The molecule has 5 nitrogen and oxygen atoms in total. The van der Waals surface area contributed by atoms with Crippen molar-refractivity contribution in [2.75, 3.05) is 7.11 Å². The number of amides is 1.